The van der Waals surface area contributed by atoms with Crippen molar-refractivity contribution in [3.8, 4) is 0 Å². The fourth-order valence-corrected chi connectivity index (χ4v) is 16.1. The van der Waals surface area contributed by atoms with E-state index in [0.717, 1.165) is 30.7 Å². The Morgan fingerprint density at radius 3 is 0.711 bits per heavy atom. The largest absolute Gasteiger partial charge is 0.275 e. The Balaban J connectivity index is 0.000000135. The maximum atomic E-state index is 13.6. The van der Waals surface area contributed by atoms with E-state index in [2.05, 4.69) is 95.6 Å². The molecule has 0 unspecified atom stereocenters. The lowest BCUT2D eigenvalue weighted by atomic mass is 9.85. The molecule has 0 radical (unpaired) electrons. The Labute approximate surface area is 562 Å². The second-order valence-corrected chi connectivity index (χ2v) is 26.5. The minimum absolute atomic E-state index is 0.210. The topological polar surface area (TPSA) is 224 Å². The van der Waals surface area contributed by atoms with Crippen LogP contribution in [0.2, 0.25) is 0 Å². The SMILES string of the molecule is CCN1C(=O)c2cc(Br)c3c4c(c(Br)cc(c24)C1=O)C(=O)N(CC)C3=O.CCN1C(=O)c2cc(Br)c3c4c(cc(Br)c(c24)C1=O)C(=O)N(CC)C3=O.O=C1c2cc(Br)c3c4c(cc(Br)c(c24)C(=O)N1CCc1ccccc1)C(=O)N(CCc1ccccc1)C3=O. The molecule has 90 heavy (non-hydrogen) atoms. The van der Waals surface area contributed by atoms with Gasteiger partial charge in [-0.05, 0) is 184 Å². The molecule has 8 aromatic rings. The Morgan fingerprint density at radius 1 is 0.256 bits per heavy atom. The molecule has 0 fully saturated rings. The summed E-state index contributed by atoms with van der Waals surface area (Å²) in [5, 5.41) is 2.16. The van der Waals surface area contributed by atoms with Crippen LogP contribution in [0.4, 0.5) is 0 Å². The van der Waals surface area contributed by atoms with Crippen molar-refractivity contribution in [2.45, 2.75) is 40.5 Å². The number of amides is 12. The Bertz CT molecular complexity index is 4460. The summed E-state index contributed by atoms with van der Waals surface area (Å²) in [5.41, 5.74) is 5.63. The van der Waals surface area contributed by atoms with Gasteiger partial charge in [-0.15, -0.1) is 0 Å². The number of rotatable bonds is 10. The second kappa shape index (κ2) is 23.8. The monoisotopic (exact) mass is 1590 g/mol. The standard InChI is InChI=1S/C30H20Br2N2O4.2C18H12Br2N2O4/c31-21-16-20-24-23-19(27(35)33(29(37)25(21)23)13-11-17-7-3-1-4-8-17)15-22(32)26(24)30(38)34(28(20)36)14-12-18-9-5-2-6-10-18;1-3-21-15(23)7-5-10(20)14-12-8(16(24)22(4-2)18(14)26)6-9(19)13(11(7)12)17(21)25;1-3-21-15(23)7-5-9(19)12-14-11(7)8(16(21)24)6-10(20)13(14)18(26)22(4-2)17(12)25/h1-10,15-16H,11-14H2;2*5-6H,3-4H2,1-2H3. The fraction of sp³-hybridized carbons (Fsp3) is 0.182. The van der Waals surface area contributed by atoms with Gasteiger partial charge in [0, 0.05) is 132 Å². The summed E-state index contributed by atoms with van der Waals surface area (Å²) in [7, 11) is 0. The molecule has 12 amide bonds. The smallest absolute Gasteiger partial charge is 0.262 e. The molecule has 0 atom stereocenters. The zero-order valence-electron chi connectivity index (χ0n) is 47.7. The first-order chi connectivity index (χ1) is 43.0. The number of carbonyl (C=O) groups excluding carboxylic acids is 12. The van der Waals surface area contributed by atoms with Crippen LogP contribution in [0, 0.1) is 0 Å². The number of hydrogen-bond donors (Lipinski definition) is 0. The maximum Gasteiger partial charge on any atom is 0.262 e. The molecular formula is C66H44Br6N6O12. The molecule has 6 heterocycles. The molecule has 0 N–H and O–H groups in total. The van der Waals surface area contributed by atoms with E-state index in [1.807, 2.05) is 60.7 Å². The lowest BCUT2D eigenvalue weighted by Gasteiger charge is -2.33. The summed E-state index contributed by atoms with van der Waals surface area (Å²) >= 11 is 20.5. The van der Waals surface area contributed by atoms with Gasteiger partial charge in [0.25, 0.3) is 70.9 Å². The van der Waals surface area contributed by atoms with Gasteiger partial charge in [-0.3, -0.25) is 86.9 Å². The summed E-state index contributed by atoms with van der Waals surface area (Å²) in [6.45, 7) is 8.22. The summed E-state index contributed by atoms with van der Waals surface area (Å²) in [6.07, 6.45) is 1.03. The molecular weight excluding hydrogens is 1550 g/mol. The van der Waals surface area contributed by atoms with E-state index in [9.17, 15) is 57.5 Å². The number of carbonyl (C=O) groups is 12. The summed E-state index contributed by atoms with van der Waals surface area (Å²) < 4.78 is 2.57. The quantitative estimate of drug-likeness (QED) is 0.117. The molecule has 0 bridgehead atoms. The Hall–Kier alpha value is -7.74. The molecule has 0 spiro atoms. The average molecular weight is 1590 g/mol. The number of benzene rings is 8. The lowest BCUT2D eigenvalue weighted by molar-refractivity contribution is 0.0589. The van der Waals surface area contributed by atoms with Gasteiger partial charge < -0.3 is 0 Å². The van der Waals surface area contributed by atoms with Crippen LogP contribution >= 0.6 is 95.6 Å². The first-order valence-electron chi connectivity index (χ1n) is 28.2. The molecule has 452 valence electrons. The van der Waals surface area contributed by atoms with Gasteiger partial charge in [0.15, 0.2) is 0 Å². The molecule has 6 aliphatic heterocycles. The van der Waals surface area contributed by atoms with Crippen molar-refractivity contribution in [3.05, 3.63) is 202 Å². The molecule has 18 nitrogen and oxygen atoms in total. The molecule has 6 aliphatic rings. The average Bonchev–Trinajstić information content (AvgIpc) is 0.727. The number of nitrogens with zero attached hydrogens (tertiary/aromatic N) is 6. The van der Waals surface area contributed by atoms with Crippen LogP contribution in [-0.4, -0.2) is 140 Å². The third kappa shape index (κ3) is 9.51. The van der Waals surface area contributed by atoms with Crippen LogP contribution in [-0.2, 0) is 12.8 Å². The van der Waals surface area contributed by atoms with E-state index in [4.69, 9.17) is 0 Å². The molecule has 0 aromatic heterocycles. The Morgan fingerprint density at radius 2 is 0.456 bits per heavy atom. The number of halogens is 6. The predicted octanol–water partition coefficient (Wildman–Crippen LogP) is 13.2. The van der Waals surface area contributed by atoms with E-state index >= 15 is 0 Å². The maximum absolute atomic E-state index is 13.6. The van der Waals surface area contributed by atoms with Crippen LogP contribution in [0.3, 0.4) is 0 Å². The fourth-order valence-electron chi connectivity index (χ4n) is 12.5. The van der Waals surface area contributed by atoms with Gasteiger partial charge in [0.2, 0.25) is 0 Å². The summed E-state index contributed by atoms with van der Waals surface area (Å²) in [5.74, 6) is -5.25. The van der Waals surface area contributed by atoms with Crippen LogP contribution in [0.5, 0.6) is 0 Å². The Kier molecular flexibility index (Phi) is 16.5. The third-order valence-corrected chi connectivity index (χ3v) is 20.5. The van der Waals surface area contributed by atoms with Crippen LogP contribution in [0.1, 0.15) is 163 Å². The summed E-state index contributed by atoms with van der Waals surface area (Å²) in [6, 6.07) is 28.8. The number of imide groups is 6. The van der Waals surface area contributed by atoms with E-state index in [-0.39, 0.29) is 39.3 Å². The van der Waals surface area contributed by atoms with Crippen molar-refractivity contribution in [2.75, 3.05) is 39.3 Å². The molecule has 0 aliphatic carbocycles. The molecule has 24 heteroatoms. The second-order valence-electron chi connectivity index (χ2n) is 21.3. The van der Waals surface area contributed by atoms with Crippen molar-refractivity contribution in [2.24, 2.45) is 0 Å². The van der Waals surface area contributed by atoms with Crippen molar-refractivity contribution in [3.63, 3.8) is 0 Å². The van der Waals surface area contributed by atoms with Crippen molar-refractivity contribution < 1.29 is 57.5 Å². The highest BCUT2D eigenvalue weighted by atomic mass is 79.9. The van der Waals surface area contributed by atoms with Gasteiger partial charge in [0.1, 0.15) is 0 Å². The first-order valence-corrected chi connectivity index (χ1v) is 33.0. The molecule has 8 aromatic carbocycles. The van der Waals surface area contributed by atoms with Crippen molar-refractivity contribution in [1.82, 2.24) is 29.4 Å². The van der Waals surface area contributed by atoms with E-state index in [1.54, 1.807) is 64.1 Å². The first kappa shape index (κ1) is 62.5. The predicted molar refractivity (Wildman–Crippen MR) is 353 cm³/mol. The highest BCUT2D eigenvalue weighted by molar-refractivity contribution is 9.11. The lowest BCUT2D eigenvalue weighted by Crippen LogP contribution is -2.44. The minimum atomic E-state index is -0.448. The van der Waals surface area contributed by atoms with E-state index in [1.165, 1.54) is 9.80 Å². The van der Waals surface area contributed by atoms with Crippen LogP contribution in [0.15, 0.2) is 124 Å². The minimum Gasteiger partial charge on any atom is -0.275 e. The normalized spacial score (nSPS) is 15.5. The van der Waals surface area contributed by atoms with Crippen molar-refractivity contribution in [1.29, 1.82) is 0 Å². The zero-order chi connectivity index (χ0) is 64.4. The van der Waals surface area contributed by atoms with E-state index < -0.39 is 70.9 Å². The zero-order valence-corrected chi connectivity index (χ0v) is 57.3. The van der Waals surface area contributed by atoms with Gasteiger partial charge >= 0.3 is 0 Å². The molecule has 0 saturated carbocycles. The summed E-state index contributed by atoms with van der Waals surface area (Å²) in [4.78, 5) is 164. The van der Waals surface area contributed by atoms with Gasteiger partial charge in [0.05, 0.1) is 33.4 Å². The van der Waals surface area contributed by atoms with Crippen LogP contribution < -0.4 is 0 Å². The van der Waals surface area contributed by atoms with Crippen LogP contribution in [0.25, 0.3) is 32.3 Å². The van der Waals surface area contributed by atoms with Gasteiger partial charge in [-0.25, -0.2) is 0 Å². The van der Waals surface area contributed by atoms with Gasteiger partial charge in [-0.2, -0.15) is 0 Å². The van der Waals surface area contributed by atoms with E-state index in [0.29, 0.717) is 139 Å². The third-order valence-electron chi connectivity index (χ3n) is 16.7. The highest BCUT2D eigenvalue weighted by Crippen LogP contribution is 2.48. The molecule has 14 rings (SSSR count). The van der Waals surface area contributed by atoms with Crippen molar-refractivity contribution >= 4 is 199 Å². The number of hydrogen-bond acceptors (Lipinski definition) is 12. The molecule has 0 saturated heterocycles. The highest BCUT2D eigenvalue weighted by Gasteiger charge is 2.46. The van der Waals surface area contributed by atoms with Gasteiger partial charge in [-0.1, -0.05) is 60.7 Å².